The molecule has 104 valence electrons. The van der Waals surface area contributed by atoms with Crippen LogP contribution in [0.2, 0.25) is 0 Å². The van der Waals surface area contributed by atoms with Gasteiger partial charge >= 0.3 is 0 Å². The molecule has 1 amide bonds. The van der Waals surface area contributed by atoms with Crippen molar-refractivity contribution in [3.05, 3.63) is 28.3 Å². The third-order valence-electron chi connectivity index (χ3n) is 2.22. The Hall–Kier alpha value is -2.15. The van der Waals surface area contributed by atoms with Crippen molar-refractivity contribution in [2.24, 2.45) is 0 Å². The number of ether oxygens (including phenoxy) is 2. The Bertz CT molecular complexity index is 473. The fourth-order valence-electron chi connectivity index (χ4n) is 1.33. The van der Waals surface area contributed by atoms with Crippen LogP contribution in [0.25, 0.3) is 0 Å². The van der Waals surface area contributed by atoms with Crippen molar-refractivity contribution in [2.45, 2.75) is 20.0 Å². The minimum absolute atomic E-state index is 0.0514. The average Bonchev–Trinajstić information content (AvgIpc) is 2.36. The van der Waals surface area contributed by atoms with E-state index in [9.17, 15) is 14.9 Å². The van der Waals surface area contributed by atoms with Gasteiger partial charge in [0.1, 0.15) is 12.4 Å². The number of anilines is 1. The number of nitrogens with one attached hydrogen (secondary N) is 1. The van der Waals surface area contributed by atoms with E-state index in [4.69, 9.17) is 9.47 Å². The lowest BCUT2D eigenvalue weighted by molar-refractivity contribution is -0.384. The summed E-state index contributed by atoms with van der Waals surface area (Å²) < 4.78 is 10.2. The van der Waals surface area contributed by atoms with E-state index in [0.29, 0.717) is 5.69 Å². The topological polar surface area (TPSA) is 90.7 Å². The highest BCUT2D eigenvalue weighted by molar-refractivity contribution is 5.93. The van der Waals surface area contributed by atoms with Crippen LogP contribution in [-0.4, -0.2) is 30.7 Å². The largest absolute Gasteiger partial charge is 0.494 e. The maximum atomic E-state index is 11.6. The first-order valence-electron chi connectivity index (χ1n) is 5.68. The van der Waals surface area contributed by atoms with E-state index in [-0.39, 0.29) is 30.1 Å². The number of nitrogens with zero attached hydrogens (tertiary/aromatic N) is 1. The molecule has 1 aromatic carbocycles. The van der Waals surface area contributed by atoms with E-state index in [1.54, 1.807) is 0 Å². The predicted molar refractivity (Wildman–Crippen MR) is 69.4 cm³/mol. The summed E-state index contributed by atoms with van der Waals surface area (Å²) in [7, 11) is 1.37. The Morgan fingerprint density at radius 2 is 2.16 bits per heavy atom. The number of amides is 1. The van der Waals surface area contributed by atoms with Crippen LogP contribution in [0.1, 0.15) is 13.8 Å². The number of non-ortho nitro benzene ring substituents is 1. The molecule has 0 atom stereocenters. The number of nitro benzene ring substituents is 1. The van der Waals surface area contributed by atoms with E-state index in [1.807, 2.05) is 13.8 Å². The van der Waals surface area contributed by atoms with Crippen molar-refractivity contribution in [3.63, 3.8) is 0 Å². The zero-order valence-electron chi connectivity index (χ0n) is 11.0. The zero-order chi connectivity index (χ0) is 14.4. The second-order valence-corrected chi connectivity index (χ2v) is 4.05. The molecule has 0 aliphatic rings. The molecule has 0 spiro atoms. The second kappa shape index (κ2) is 6.69. The SMILES string of the molecule is COc1cc([N+](=O)[O-])ccc1NC(=O)COC(C)C. The highest BCUT2D eigenvalue weighted by Crippen LogP contribution is 2.28. The molecule has 1 N–H and O–H groups in total. The molecule has 0 saturated heterocycles. The summed E-state index contributed by atoms with van der Waals surface area (Å²) in [6.07, 6.45) is -0.0514. The summed E-state index contributed by atoms with van der Waals surface area (Å²) in [5, 5.41) is 13.2. The van der Waals surface area contributed by atoms with Crippen LogP contribution >= 0.6 is 0 Å². The van der Waals surface area contributed by atoms with Gasteiger partial charge in [0.25, 0.3) is 5.69 Å². The average molecular weight is 268 g/mol. The molecule has 0 saturated carbocycles. The van der Waals surface area contributed by atoms with E-state index in [0.717, 1.165) is 0 Å². The van der Waals surface area contributed by atoms with Gasteiger partial charge in [-0.2, -0.15) is 0 Å². The van der Waals surface area contributed by atoms with E-state index in [2.05, 4.69) is 5.32 Å². The number of methoxy groups -OCH3 is 1. The van der Waals surface area contributed by atoms with Gasteiger partial charge in [0.15, 0.2) is 0 Å². The van der Waals surface area contributed by atoms with Gasteiger partial charge in [0.2, 0.25) is 5.91 Å². The molecule has 0 aliphatic carbocycles. The van der Waals surface area contributed by atoms with Crippen molar-refractivity contribution in [1.82, 2.24) is 0 Å². The number of benzene rings is 1. The summed E-state index contributed by atoms with van der Waals surface area (Å²) >= 11 is 0. The first-order chi connectivity index (χ1) is 8.93. The standard InChI is InChI=1S/C12H16N2O5/c1-8(2)19-7-12(15)13-10-5-4-9(14(16)17)6-11(10)18-3/h4-6,8H,7H2,1-3H3,(H,13,15). The van der Waals surface area contributed by atoms with Gasteiger partial charge in [-0.15, -0.1) is 0 Å². The number of nitro groups is 1. The number of carbonyl (C=O) groups excluding carboxylic acids is 1. The summed E-state index contributed by atoms with van der Waals surface area (Å²) in [5.41, 5.74) is 0.263. The monoisotopic (exact) mass is 268 g/mol. The molecule has 0 unspecified atom stereocenters. The Morgan fingerprint density at radius 1 is 1.47 bits per heavy atom. The van der Waals surface area contributed by atoms with Crippen LogP contribution in [0.3, 0.4) is 0 Å². The fourth-order valence-corrected chi connectivity index (χ4v) is 1.33. The molecule has 1 rings (SSSR count). The molecule has 19 heavy (non-hydrogen) atoms. The Morgan fingerprint density at radius 3 is 2.68 bits per heavy atom. The molecule has 0 aromatic heterocycles. The molecule has 0 bridgehead atoms. The highest BCUT2D eigenvalue weighted by atomic mass is 16.6. The number of hydrogen-bond acceptors (Lipinski definition) is 5. The van der Waals surface area contributed by atoms with E-state index >= 15 is 0 Å². The van der Waals surface area contributed by atoms with Crippen molar-refractivity contribution >= 4 is 17.3 Å². The van der Waals surface area contributed by atoms with Gasteiger partial charge in [-0.25, -0.2) is 0 Å². The number of hydrogen-bond donors (Lipinski definition) is 1. The molecule has 1 aromatic rings. The van der Waals surface area contributed by atoms with Gasteiger partial charge in [-0.1, -0.05) is 0 Å². The molecule has 0 fully saturated rings. The lowest BCUT2D eigenvalue weighted by atomic mass is 10.2. The quantitative estimate of drug-likeness (QED) is 0.629. The van der Waals surface area contributed by atoms with Gasteiger partial charge in [-0.3, -0.25) is 14.9 Å². The smallest absolute Gasteiger partial charge is 0.273 e. The van der Waals surface area contributed by atoms with Gasteiger partial charge in [0.05, 0.1) is 29.9 Å². The molecule has 7 nitrogen and oxygen atoms in total. The third-order valence-corrected chi connectivity index (χ3v) is 2.22. The number of carbonyl (C=O) groups is 1. The van der Waals surface area contributed by atoms with Crippen LogP contribution in [0, 0.1) is 10.1 Å². The predicted octanol–water partition coefficient (Wildman–Crippen LogP) is 1.97. The third kappa shape index (κ3) is 4.55. The normalized spacial score (nSPS) is 10.3. The lowest BCUT2D eigenvalue weighted by Crippen LogP contribution is -2.21. The Kier molecular flexibility index (Phi) is 5.25. The van der Waals surface area contributed by atoms with Crippen LogP contribution in [0.4, 0.5) is 11.4 Å². The minimum atomic E-state index is -0.532. The molecule has 0 heterocycles. The van der Waals surface area contributed by atoms with E-state index in [1.165, 1.54) is 25.3 Å². The Balaban J connectivity index is 2.78. The number of rotatable bonds is 6. The minimum Gasteiger partial charge on any atom is -0.494 e. The lowest BCUT2D eigenvalue weighted by Gasteiger charge is -2.11. The Labute approximate surface area is 110 Å². The second-order valence-electron chi connectivity index (χ2n) is 4.05. The van der Waals surface area contributed by atoms with Crippen molar-refractivity contribution < 1.29 is 19.2 Å². The van der Waals surface area contributed by atoms with Crippen LogP contribution in [0.15, 0.2) is 18.2 Å². The summed E-state index contributed by atoms with van der Waals surface area (Å²) in [6, 6.07) is 3.96. The summed E-state index contributed by atoms with van der Waals surface area (Å²) in [4.78, 5) is 21.7. The first-order valence-corrected chi connectivity index (χ1v) is 5.68. The summed E-state index contributed by atoms with van der Waals surface area (Å²) in [5.74, 6) is -0.118. The van der Waals surface area contributed by atoms with Crippen molar-refractivity contribution in [2.75, 3.05) is 19.0 Å². The zero-order valence-corrected chi connectivity index (χ0v) is 11.0. The van der Waals surface area contributed by atoms with Crippen LogP contribution < -0.4 is 10.1 Å². The maximum absolute atomic E-state index is 11.6. The van der Waals surface area contributed by atoms with Crippen LogP contribution in [-0.2, 0) is 9.53 Å². The van der Waals surface area contributed by atoms with Gasteiger partial charge in [0, 0.05) is 6.07 Å². The molecular formula is C12H16N2O5. The van der Waals surface area contributed by atoms with Crippen molar-refractivity contribution in [1.29, 1.82) is 0 Å². The van der Waals surface area contributed by atoms with Gasteiger partial charge in [-0.05, 0) is 19.9 Å². The van der Waals surface area contributed by atoms with E-state index < -0.39 is 4.92 Å². The van der Waals surface area contributed by atoms with Crippen molar-refractivity contribution in [3.8, 4) is 5.75 Å². The molecule has 7 heteroatoms. The first kappa shape index (κ1) is 14.9. The molecular weight excluding hydrogens is 252 g/mol. The molecule has 0 radical (unpaired) electrons. The molecule has 0 aliphatic heterocycles. The maximum Gasteiger partial charge on any atom is 0.273 e. The highest BCUT2D eigenvalue weighted by Gasteiger charge is 2.13. The van der Waals surface area contributed by atoms with Gasteiger partial charge < -0.3 is 14.8 Å². The fraction of sp³-hybridized carbons (Fsp3) is 0.417. The van der Waals surface area contributed by atoms with Crippen LogP contribution in [0.5, 0.6) is 5.75 Å². The summed E-state index contributed by atoms with van der Waals surface area (Å²) in [6.45, 7) is 3.55.